The molecule has 0 aliphatic heterocycles. The predicted molar refractivity (Wildman–Crippen MR) is 109 cm³/mol. The molecule has 2 heterocycles. The van der Waals surface area contributed by atoms with Crippen molar-refractivity contribution in [1.82, 2.24) is 10.2 Å². The van der Waals surface area contributed by atoms with Gasteiger partial charge in [0, 0.05) is 22.4 Å². The summed E-state index contributed by atoms with van der Waals surface area (Å²) < 4.78 is 5.07. The summed E-state index contributed by atoms with van der Waals surface area (Å²) in [6.45, 7) is 0. The van der Waals surface area contributed by atoms with Gasteiger partial charge < -0.3 is 20.4 Å². The standard InChI is InChI=1S/C19H15N5O2S/c25-18(17-2-1-9-26-17)21-13-3-5-14(6-4-13)22-19(27)23-15-7-8-16-12(10-15)11-20-24-16/h1-11H,(H,20,24)(H,21,25)(H2,22,23,27). The van der Waals surface area contributed by atoms with Crippen molar-refractivity contribution in [3.63, 3.8) is 0 Å². The van der Waals surface area contributed by atoms with Crippen molar-refractivity contribution >= 4 is 51.2 Å². The van der Waals surface area contributed by atoms with Crippen LogP contribution in [0.4, 0.5) is 17.1 Å². The number of fused-ring (bicyclic) bond motifs is 1. The molecule has 8 heteroatoms. The fourth-order valence-corrected chi connectivity index (χ4v) is 2.79. The van der Waals surface area contributed by atoms with Crippen LogP contribution in [0.15, 0.2) is 71.5 Å². The summed E-state index contributed by atoms with van der Waals surface area (Å²) in [5, 5.41) is 17.4. The summed E-state index contributed by atoms with van der Waals surface area (Å²) in [7, 11) is 0. The highest BCUT2D eigenvalue weighted by molar-refractivity contribution is 7.80. The number of carbonyl (C=O) groups excluding carboxylic acids is 1. The Morgan fingerprint density at radius 3 is 2.41 bits per heavy atom. The Labute approximate surface area is 159 Å². The van der Waals surface area contributed by atoms with Gasteiger partial charge in [-0.15, -0.1) is 0 Å². The van der Waals surface area contributed by atoms with Crippen LogP contribution in [-0.4, -0.2) is 21.2 Å². The number of H-pyrrole nitrogens is 1. The third-order valence-electron chi connectivity index (χ3n) is 3.84. The third kappa shape index (κ3) is 3.96. The van der Waals surface area contributed by atoms with Crippen LogP contribution in [0.25, 0.3) is 10.9 Å². The lowest BCUT2D eigenvalue weighted by Crippen LogP contribution is -2.19. The van der Waals surface area contributed by atoms with Gasteiger partial charge in [0.15, 0.2) is 10.9 Å². The lowest BCUT2D eigenvalue weighted by molar-refractivity contribution is 0.0996. The molecule has 0 fully saturated rings. The summed E-state index contributed by atoms with van der Waals surface area (Å²) in [6, 6.07) is 16.3. The number of amides is 1. The maximum absolute atomic E-state index is 12.0. The Kier molecular flexibility index (Phi) is 4.54. The van der Waals surface area contributed by atoms with Gasteiger partial charge in [0.05, 0.1) is 18.0 Å². The van der Waals surface area contributed by atoms with E-state index >= 15 is 0 Å². The molecule has 2 aromatic carbocycles. The van der Waals surface area contributed by atoms with Crippen molar-refractivity contribution in [2.75, 3.05) is 16.0 Å². The number of nitrogens with one attached hydrogen (secondary N) is 4. The van der Waals surface area contributed by atoms with Gasteiger partial charge in [-0.25, -0.2) is 0 Å². The third-order valence-corrected chi connectivity index (χ3v) is 4.05. The van der Waals surface area contributed by atoms with Crippen LogP contribution in [0.3, 0.4) is 0 Å². The molecule has 4 aromatic rings. The highest BCUT2D eigenvalue weighted by Gasteiger charge is 2.08. The molecule has 2 aromatic heterocycles. The highest BCUT2D eigenvalue weighted by atomic mass is 32.1. The average molecular weight is 377 g/mol. The Bertz CT molecular complexity index is 1090. The number of rotatable bonds is 4. The normalized spacial score (nSPS) is 10.5. The van der Waals surface area contributed by atoms with E-state index < -0.39 is 0 Å². The van der Waals surface area contributed by atoms with E-state index in [0.29, 0.717) is 10.8 Å². The van der Waals surface area contributed by atoms with Crippen LogP contribution in [0.2, 0.25) is 0 Å². The van der Waals surface area contributed by atoms with Crippen molar-refractivity contribution < 1.29 is 9.21 Å². The van der Waals surface area contributed by atoms with Crippen molar-refractivity contribution in [1.29, 1.82) is 0 Å². The molecule has 0 unspecified atom stereocenters. The van der Waals surface area contributed by atoms with Gasteiger partial charge in [-0.3, -0.25) is 9.89 Å². The van der Waals surface area contributed by atoms with Gasteiger partial charge in [-0.1, -0.05) is 0 Å². The Balaban J connectivity index is 1.36. The lowest BCUT2D eigenvalue weighted by Gasteiger charge is -2.11. The molecule has 0 radical (unpaired) electrons. The maximum atomic E-state index is 12.0. The molecule has 4 rings (SSSR count). The molecule has 134 valence electrons. The number of carbonyl (C=O) groups is 1. The van der Waals surface area contributed by atoms with Crippen LogP contribution in [0.5, 0.6) is 0 Å². The van der Waals surface area contributed by atoms with Crippen LogP contribution in [-0.2, 0) is 0 Å². The smallest absolute Gasteiger partial charge is 0.291 e. The number of hydrogen-bond acceptors (Lipinski definition) is 4. The molecule has 0 bridgehead atoms. The number of nitrogens with zero attached hydrogens (tertiary/aromatic N) is 1. The minimum absolute atomic E-state index is 0.261. The minimum atomic E-state index is -0.299. The average Bonchev–Trinajstić information content (AvgIpc) is 3.34. The first-order valence-corrected chi connectivity index (χ1v) is 8.54. The van der Waals surface area contributed by atoms with E-state index in [1.54, 1.807) is 30.5 Å². The van der Waals surface area contributed by atoms with Gasteiger partial charge in [-0.2, -0.15) is 5.10 Å². The molecule has 27 heavy (non-hydrogen) atoms. The van der Waals surface area contributed by atoms with Gasteiger partial charge in [0.2, 0.25) is 0 Å². The van der Waals surface area contributed by atoms with Crippen molar-refractivity contribution in [3.8, 4) is 0 Å². The number of anilines is 3. The second-order valence-corrected chi connectivity index (χ2v) is 6.17. The van der Waals surface area contributed by atoms with Crippen molar-refractivity contribution in [2.45, 2.75) is 0 Å². The molecule has 0 aliphatic carbocycles. The van der Waals surface area contributed by atoms with Gasteiger partial charge in [0.25, 0.3) is 5.91 Å². The molecule has 1 amide bonds. The first kappa shape index (κ1) is 16.8. The number of aromatic nitrogens is 2. The predicted octanol–water partition coefficient (Wildman–Crippen LogP) is 4.22. The SMILES string of the molecule is O=C(Nc1ccc(NC(=S)Nc2ccc3[nH]ncc3c2)cc1)c1ccco1. The minimum Gasteiger partial charge on any atom is -0.459 e. The fourth-order valence-electron chi connectivity index (χ4n) is 2.55. The molecular formula is C19H15N5O2S. The quantitative estimate of drug-likeness (QED) is 0.398. The molecule has 7 nitrogen and oxygen atoms in total. The zero-order valence-electron chi connectivity index (χ0n) is 14.0. The van der Waals surface area contributed by atoms with E-state index in [1.807, 2.05) is 30.3 Å². The number of benzene rings is 2. The Morgan fingerprint density at radius 2 is 1.67 bits per heavy atom. The fraction of sp³-hybridized carbons (Fsp3) is 0. The molecule has 0 saturated heterocycles. The van der Waals surface area contributed by atoms with E-state index in [1.165, 1.54) is 6.26 Å². The van der Waals surface area contributed by atoms with E-state index in [0.717, 1.165) is 22.3 Å². The zero-order valence-corrected chi connectivity index (χ0v) is 14.8. The number of hydrogen-bond donors (Lipinski definition) is 4. The largest absolute Gasteiger partial charge is 0.459 e. The summed E-state index contributed by atoms with van der Waals surface area (Å²) in [5.74, 6) is -0.0373. The Morgan fingerprint density at radius 1 is 0.963 bits per heavy atom. The molecule has 0 spiro atoms. The van der Waals surface area contributed by atoms with Crippen LogP contribution in [0.1, 0.15) is 10.6 Å². The van der Waals surface area contributed by atoms with E-state index in [9.17, 15) is 4.79 Å². The summed E-state index contributed by atoms with van der Waals surface area (Å²) in [6.07, 6.45) is 3.22. The summed E-state index contributed by atoms with van der Waals surface area (Å²) in [5.41, 5.74) is 3.29. The van der Waals surface area contributed by atoms with Crippen molar-refractivity contribution in [2.24, 2.45) is 0 Å². The maximum Gasteiger partial charge on any atom is 0.291 e. The highest BCUT2D eigenvalue weighted by Crippen LogP contribution is 2.18. The monoisotopic (exact) mass is 377 g/mol. The van der Waals surface area contributed by atoms with Crippen LogP contribution in [0, 0.1) is 0 Å². The van der Waals surface area contributed by atoms with E-state index in [4.69, 9.17) is 16.6 Å². The second-order valence-electron chi connectivity index (χ2n) is 5.76. The van der Waals surface area contributed by atoms with Crippen LogP contribution < -0.4 is 16.0 Å². The van der Waals surface area contributed by atoms with E-state index in [2.05, 4.69) is 26.1 Å². The number of aromatic amines is 1. The topological polar surface area (TPSA) is 95.0 Å². The lowest BCUT2D eigenvalue weighted by atomic mass is 10.2. The summed E-state index contributed by atoms with van der Waals surface area (Å²) in [4.78, 5) is 12.0. The van der Waals surface area contributed by atoms with Crippen LogP contribution >= 0.6 is 12.2 Å². The first-order valence-electron chi connectivity index (χ1n) is 8.13. The zero-order chi connectivity index (χ0) is 18.6. The molecular weight excluding hydrogens is 362 g/mol. The number of thiocarbonyl (C=S) groups is 1. The van der Waals surface area contributed by atoms with Gasteiger partial charge in [-0.05, 0) is 66.8 Å². The van der Waals surface area contributed by atoms with Gasteiger partial charge in [0.1, 0.15) is 0 Å². The Hall–Kier alpha value is -3.65. The molecule has 0 saturated carbocycles. The number of furan rings is 1. The van der Waals surface area contributed by atoms with E-state index in [-0.39, 0.29) is 11.7 Å². The second kappa shape index (κ2) is 7.30. The molecule has 0 aliphatic rings. The van der Waals surface area contributed by atoms with Gasteiger partial charge >= 0.3 is 0 Å². The van der Waals surface area contributed by atoms with Crippen molar-refractivity contribution in [3.05, 3.63) is 72.8 Å². The molecule has 4 N–H and O–H groups in total. The molecule has 0 atom stereocenters. The first-order chi connectivity index (χ1) is 13.2. The summed E-state index contributed by atoms with van der Waals surface area (Å²) >= 11 is 5.35.